The molecule has 2 aromatic rings. The van der Waals surface area contributed by atoms with Gasteiger partial charge in [0, 0.05) is 30.0 Å². The molecule has 1 N–H and O–H groups in total. The lowest BCUT2D eigenvalue weighted by atomic mass is 9.76. The number of fused-ring (bicyclic) bond motifs is 1. The average Bonchev–Trinajstić information content (AvgIpc) is 2.95. The Morgan fingerprint density at radius 3 is 2.86 bits per heavy atom. The molecule has 0 fully saturated rings. The summed E-state index contributed by atoms with van der Waals surface area (Å²) in [6.45, 7) is 5.82. The van der Waals surface area contributed by atoms with Crippen LogP contribution in [-0.4, -0.2) is 16.7 Å². The number of furan rings is 1. The highest BCUT2D eigenvalue weighted by atomic mass is 32.1. The second-order valence-corrected chi connectivity index (χ2v) is 6.98. The molecular formula is C15H16N2O3S. The third-order valence-corrected chi connectivity index (χ3v) is 4.32. The van der Waals surface area contributed by atoms with Gasteiger partial charge in [0.15, 0.2) is 16.7 Å². The molecule has 110 valence electrons. The van der Waals surface area contributed by atoms with Gasteiger partial charge in [0.25, 0.3) is 5.91 Å². The first-order valence-electron chi connectivity index (χ1n) is 6.74. The van der Waals surface area contributed by atoms with Gasteiger partial charge in [0.2, 0.25) is 0 Å². The number of carbonyl (C=O) groups excluding carboxylic acids is 2. The van der Waals surface area contributed by atoms with E-state index < -0.39 is 0 Å². The van der Waals surface area contributed by atoms with Gasteiger partial charge in [-0.25, -0.2) is 4.98 Å². The Balaban J connectivity index is 1.95. The molecular weight excluding hydrogens is 288 g/mol. The zero-order valence-electron chi connectivity index (χ0n) is 12.1. The molecule has 5 nitrogen and oxygen atoms in total. The van der Waals surface area contributed by atoms with Gasteiger partial charge in [0.05, 0.1) is 5.56 Å². The fourth-order valence-corrected chi connectivity index (χ4v) is 3.26. The Hall–Kier alpha value is -1.95. The van der Waals surface area contributed by atoms with E-state index in [0.717, 1.165) is 0 Å². The number of nitrogens with zero attached hydrogens (tertiary/aromatic N) is 1. The summed E-state index contributed by atoms with van der Waals surface area (Å²) in [6, 6.07) is 0. The molecule has 0 spiro atoms. The number of aromatic nitrogens is 1. The van der Waals surface area contributed by atoms with Gasteiger partial charge in [-0.05, 0) is 12.3 Å². The smallest absolute Gasteiger partial charge is 0.293 e. The zero-order valence-corrected chi connectivity index (χ0v) is 13.0. The van der Waals surface area contributed by atoms with Crippen LogP contribution in [0.15, 0.2) is 16.0 Å². The summed E-state index contributed by atoms with van der Waals surface area (Å²) in [5.74, 6) is 0.526. The van der Waals surface area contributed by atoms with Crippen LogP contribution in [-0.2, 0) is 6.42 Å². The van der Waals surface area contributed by atoms with E-state index in [9.17, 15) is 9.59 Å². The summed E-state index contributed by atoms with van der Waals surface area (Å²) in [5, 5.41) is 4.98. The van der Waals surface area contributed by atoms with Crippen molar-refractivity contribution in [2.75, 3.05) is 5.32 Å². The molecule has 0 aromatic carbocycles. The lowest BCUT2D eigenvalue weighted by Gasteiger charge is -2.27. The highest BCUT2D eigenvalue weighted by Gasteiger charge is 2.37. The van der Waals surface area contributed by atoms with Crippen LogP contribution < -0.4 is 5.32 Å². The molecule has 0 radical (unpaired) electrons. The molecule has 1 amide bonds. The van der Waals surface area contributed by atoms with Crippen LogP contribution in [0.3, 0.4) is 0 Å². The van der Waals surface area contributed by atoms with E-state index in [4.69, 9.17) is 4.42 Å². The fraction of sp³-hybridized carbons (Fsp3) is 0.400. The normalized spacial score (nSPS) is 16.6. The number of nitrogens with one attached hydrogen (secondary N) is 1. The predicted molar refractivity (Wildman–Crippen MR) is 79.9 cm³/mol. The molecule has 2 aromatic heterocycles. The third kappa shape index (κ3) is 2.51. The Bertz CT molecular complexity index is 714. The van der Waals surface area contributed by atoms with E-state index in [1.165, 1.54) is 11.3 Å². The summed E-state index contributed by atoms with van der Waals surface area (Å²) in [5.41, 5.74) is 1.08. The van der Waals surface area contributed by atoms with E-state index in [0.29, 0.717) is 34.9 Å². The molecule has 21 heavy (non-hydrogen) atoms. The number of carbonyl (C=O) groups is 2. The van der Waals surface area contributed by atoms with Crippen molar-refractivity contribution in [1.29, 1.82) is 0 Å². The van der Waals surface area contributed by atoms with E-state index in [1.807, 2.05) is 13.8 Å². The Labute approximate surface area is 126 Å². The number of ketones is 1. The Morgan fingerprint density at radius 1 is 1.43 bits per heavy atom. The molecule has 0 saturated heterocycles. The monoisotopic (exact) mass is 304 g/mol. The zero-order chi connectivity index (χ0) is 15.2. The van der Waals surface area contributed by atoms with Crippen molar-refractivity contribution >= 4 is 28.2 Å². The molecule has 0 atom stereocenters. The SMILES string of the molecule is Cc1c(C(=O)Nc2nccs2)oc2c1C(=O)CC(C)(C)C2. The molecule has 1 aliphatic rings. The van der Waals surface area contributed by atoms with Crippen LogP contribution in [0.4, 0.5) is 5.13 Å². The second-order valence-electron chi connectivity index (χ2n) is 6.09. The van der Waals surface area contributed by atoms with Crippen molar-refractivity contribution in [3.05, 3.63) is 34.2 Å². The number of hydrogen-bond donors (Lipinski definition) is 1. The number of hydrogen-bond acceptors (Lipinski definition) is 5. The Morgan fingerprint density at radius 2 is 2.19 bits per heavy atom. The maximum absolute atomic E-state index is 12.3. The van der Waals surface area contributed by atoms with Gasteiger partial charge in [0.1, 0.15) is 5.76 Å². The van der Waals surface area contributed by atoms with Gasteiger partial charge in [-0.3, -0.25) is 14.9 Å². The van der Waals surface area contributed by atoms with E-state index in [-0.39, 0.29) is 22.9 Å². The minimum Gasteiger partial charge on any atom is -0.455 e. The number of rotatable bonds is 2. The quantitative estimate of drug-likeness (QED) is 0.922. The number of amides is 1. The highest BCUT2D eigenvalue weighted by Crippen LogP contribution is 2.38. The van der Waals surface area contributed by atoms with Crippen LogP contribution in [0.5, 0.6) is 0 Å². The minimum absolute atomic E-state index is 0.0517. The second kappa shape index (κ2) is 4.80. The lowest BCUT2D eigenvalue weighted by Crippen LogP contribution is -2.26. The molecule has 0 bridgehead atoms. The summed E-state index contributed by atoms with van der Waals surface area (Å²) in [6.07, 6.45) is 2.76. The van der Waals surface area contributed by atoms with Crippen molar-refractivity contribution < 1.29 is 14.0 Å². The molecule has 0 aliphatic heterocycles. The Kier molecular flexibility index (Phi) is 3.20. The molecule has 0 unspecified atom stereocenters. The maximum atomic E-state index is 12.3. The third-order valence-electron chi connectivity index (χ3n) is 3.64. The first-order chi connectivity index (χ1) is 9.87. The van der Waals surface area contributed by atoms with Crippen LogP contribution in [0.2, 0.25) is 0 Å². The number of thiazole rings is 1. The first-order valence-corrected chi connectivity index (χ1v) is 7.62. The van der Waals surface area contributed by atoms with Crippen LogP contribution in [0.25, 0.3) is 0 Å². The summed E-state index contributed by atoms with van der Waals surface area (Å²) in [7, 11) is 0. The summed E-state index contributed by atoms with van der Waals surface area (Å²) >= 11 is 1.34. The van der Waals surface area contributed by atoms with Gasteiger partial charge < -0.3 is 4.42 Å². The van der Waals surface area contributed by atoms with E-state index in [1.54, 1.807) is 18.5 Å². The van der Waals surface area contributed by atoms with Gasteiger partial charge in [-0.15, -0.1) is 11.3 Å². The molecule has 1 aliphatic carbocycles. The van der Waals surface area contributed by atoms with Crippen molar-refractivity contribution in [2.24, 2.45) is 5.41 Å². The number of Topliss-reactive ketones (excluding diaryl/α,β-unsaturated/α-hetero) is 1. The van der Waals surface area contributed by atoms with E-state index in [2.05, 4.69) is 10.3 Å². The summed E-state index contributed by atoms with van der Waals surface area (Å²) < 4.78 is 5.70. The maximum Gasteiger partial charge on any atom is 0.293 e. The van der Waals surface area contributed by atoms with Crippen LogP contribution >= 0.6 is 11.3 Å². The van der Waals surface area contributed by atoms with Crippen LogP contribution in [0.1, 0.15) is 52.5 Å². The summed E-state index contributed by atoms with van der Waals surface area (Å²) in [4.78, 5) is 28.6. The van der Waals surface area contributed by atoms with Crippen molar-refractivity contribution in [2.45, 2.75) is 33.6 Å². The average molecular weight is 304 g/mol. The van der Waals surface area contributed by atoms with E-state index >= 15 is 0 Å². The molecule has 3 rings (SSSR count). The fourth-order valence-electron chi connectivity index (χ4n) is 2.74. The van der Waals surface area contributed by atoms with Crippen molar-refractivity contribution in [3.63, 3.8) is 0 Å². The standard InChI is InChI=1S/C15H16N2O3S/c1-8-11-9(18)6-15(2,3)7-10(11)20-12(8)13(19)17-14-16-4-5-21-14/h4-5H,6-7H2,1-3H3,(H,16,17,19). The first kappa shape index (κ1) is 14.0. The molecule has 6 heteroatoms. The predicted octanol–water partition coefficient (Wildman–Crippen LogP) is 3.45. The van der Waals surface area contributed by atoms with Gasteiger partial charge >= 0.3 is 0 Å². The van der Waals surface area contributed by atoms with Gasteiger partial charge in [-0.1, -0.05) is 13.8 Å². The number of anilines is 1. The topological polar surface area (TPSA) is 72.2 Å². The van der Waals surface area contributed by atoms with Crippen LogP contribution in [0, 0.1) is 12.3 Å². The minimum atomic E-state index is -0.359. The lowest BCUT2D eigenvalue weighted by molar-refractivity contribution is 0.0898. The van der Waals surface area contributed by atoms with Gasteiger partial charge in [-0.2, -0.15) is 0 Å². The van der Waals surface area contributed by atoms with Crippen molar-refractivity contribution in [3.8, 4) is 0 Å². The largest absolute Gasteiger partial charge is 0.455 e. The highest BCUT2D eigenvalue weighted by molar-refractivity contribution is 7.13. The van der Waals surface area contributed by atoms with Crippen molar-refractivity contribution in [1.82, 2.24) is 4.98 Å². The molecule has 2 heterocycles. The molecule has 0 saturated carbocycles.